The average molecular weight is 338 g/mol. The zero-order chi connectivity index (χ0) is 17.4. The standard InChI is InChI=1S/C18H15FN4O2/c19-16-10-13(23(24)25)3-4-17(16)22-8-5-12(6-9-22)15-11-21-18-14(15)2-1-7-20-18/h1-5,7,10-11H,6,8-9H2,(H,20,21). The largest absolute Gasteiger partial charge is 0.365 e. The van der Waals surface area contributed by atoms with Crippen molar-refractivity contribution in [2.75, 3.05) is 18.0 Å². The third-order valence-electron chi connectivity index (χ3n) is 4.49. The third-order valence-corrected chi connectivity index (χ3v) is 4.49. The molecule has 1 N–H and O–H groups in total. The average Bonchev–Trinajstić information content (AvgIpc) is 3.06. The van der Waals surface area contributed by atoms with Crippen LogP contribution in [-0.4, -0.2) is 28.0 Å². The molecule has 0 unspecified atom stereocenters. The van der Waals surface area contributed by atoms with Crippen molar-refractivity contribution in [2.45, 2.75) is 6.42 Å². The Bertz CT molecular complexity index is 996. The highest BCUT2D eigenvalue weighted by Crippen LogP contribution is 2.31. The zero-order valence-corrected chi connectivity index (χ0v) is 13.3. The Hall–Kier alpha value is -3.22. The third kappa shape index (κ3) is 2.73. The van der Waals surface area contributed by atoms with Crippen molar-refractivity contribution in [3.63, 3.8) is 0 Å². The van der Waals surface area contributed by atoms with Crippen molar-refractivity contribution in [3.8, 4) is 0 Å². The van der Waals surface area contributed by atoms with Gasteiger partial charge in [-0.15, -0.1) is 0 Å². The SMILES string of the molecule is O=[N+]([O-])c1ccc(N2CC=C(c3c[nH]c4ncccc34)CC2)c(F)c1. The molecule has 7 heteroatoms. The summed E-state index contributed by atoms with van der Waals surface area (Å²) >= 11 is 0. The number of pyridine rings is 1. The highest BCUT2D eigenvalue weighted by molar-refractivity contribution is 5.91. The van der Waals surface area contributed by atoms with Crippen LogP contribution in [-0.2, 0) is 0 Å². The molecule has 0 spiro atoms. The van der Waals surface area contributed by atoms with Gasteiger partial charge in [-0.1, -0.05) is 6.08 Å². The number of hydrogen-bond donors (Lipinski definition) is 1. The van der Waals surface area contributed by atoms with Crippen LogP contribution in [0.3, 0.4) is 0 Å². The van der Waals surface area contributed by atoms with Gasteiger partial charge < -0.3 is 9.88 Å². The predicted octanol–water partition coefficient (Wildman–Crippen LogP) is 3.90. The summed E-state index contributed by atoms with van der Waals surface area (Å²) in [6.07, 6.45) is 6.53. The van der Waals surface area contributed by atoms with E-state index < -0.39 is 10.7 Å². The molecule has 0 amide bonds. The smallest absolute Gasteiger partial charge is 0.272 e. The van der Waals surface area contributed by atoms with Crippen molar-refractivity contribution in [1.29, 1.82) is 0 Å². The van der Waals surface area contributed by atoms with E-state index in [9.17, 15) is 14.5 Å². The van der Waals surface area contributed by atoms with Gasteiger partial charge in [0.1, 0.15) is 5.65 Å². The lowest BCUT2D eigenvalue weighted by molar-refractivity contribution is -0.385. The molecule has 1 aromatic carbocycles. The van der Waals surface area contributed by atoms with Gasteiger partial charge in [-0.2, -0.15) is 0 Å². The van der Waals surface area contributed by atoms with E-state index in [1.807, 2.05) is 23.2 Å². The van der Waals surface area contributed by atoms with Crippen LogP contribution < -0.4 is 4.90 Å². The lowest BCUT2D eigenvalue weighted by Gasteiger charge is -2.28. The predicted molar refractivity (Wildman–Crippen MR) is 94.0 cm³/mol. The second-order valence-corrected chi connectivity index (χ2v) is 5.92. The van der Waals surface area contributed by atoms with Gasteiger partial charge in [0.15, 0.2) is 5.82 Å². The fourth-order valence-corrected chi connectivity index (χ4v) is 3.22. The van der Waals surface area contributed by atoms with E-state index in [1.54, 1.807) is 6.20 Å². The lowest BCUT2D eigenvalue weighted by Crippen LogP contribution is -2.29. The fraction of sp³-hybridized carbons (Fsp3) is 0.167. The molecule has 25 heavy (non-hydrogen) atoms. The summed E-state index contributed by atoms with van der Waals surface area (Å²) in [7, 11) is 0. The molecular formula is C18H15FN4O2. The number of hydrogen-bond acceptors (Lipinski definition) is 4. The van der Waals surface area contributed by atoms with Crippen LogP contribution in [0.2, 0.25) is 0 Å². The highest BCUT2D eigenvalue weighted by Gasteiger charge is 2.20. The molecule has 1 aliphatic rings. The number of halogens is 1. The summed E-state index contributed by atoms with van der Waals surface area (Å²) in [5, 5.41) is 11.8. The second kappa shape index (κ2) is 6.01. The van der Waals surface area contributed by atoms with Crippen LogP contribution in [0.1, 0.15) is 12.0 Å². The minimum atomic E-state index is -0.591. The first-order valence-corrected chi connectivity index (χ1v) is 7.94. The Morgan fingerprint density at radius 1 is 1.32 bits per heavy atom. The van der Waals surface area contributed by atoms with Crippen LogP contribution in [0.4, 0.5) is 15.8 Å². The van der Waals surface area contributed by atoms with E-state index in [-0.39, 0.29) is 5.69 Å². The summed E-state index contributed by atoms with van der Waals surface area (Å²) in [6, 6.07) is 7.71. The molecule has 4 rings (SSSR count). The molecule has 3 heterocycles. The van der Waals surface area contributed by atoms with E-state index in [2.05, 4.69) is 16.0 Å². The number of nitrogens with one attached hydrogen (secondary N) is 1. The second-order valence-electron chi connectivity index (χ2n) is 5.92. The number of nitrogens with zero attached hydrogens (tertiary/aromatic N) is 3. The molecule has 126 valence electrons. The van der Waals surface area contributed by atoms with E-state index in [0.29, 0.717) is 18.8 Å². The monoisotopic (exact) mass is 338 g/mol. The molecule has 0 bridgehead atoms. The van der Waals surface area contributed by atoms with Crippen LogP contribution in [0.15, 0.2) is 48.8 Å². The van der Waals surface area contributed by atoms with Crippen molar-refractivity contribution >= 4 is 28.0 Å². The van der Waals surface area contributed by atoms with Gasteiger partial charge in [0.2, 0.25) is 0 Å². The van der Waals surface area contributed by atoms with Gasteiger partial charge >= 0.3 is 0 Å². The first kappa shape index (κ1) is 15.3. The molecule has 6 nitrogen and oxygen atoms in total. The molecule has 0 atom stereocenters. The Balaban J connectivity index is 1.59. The summed E-state index contributed by atoms with van der Waals surface area (Å²) < 4.78 is 14.2. The number of aromatic nitrogens is 2. The normalized spacial score (nSPS) is 14.6. The van der Waals surface area contributed by atoms with E-state index in [0.717, 1.165) is 29.1 Å². The Labute approximate surface area is 142 Å². The molecule has 0 fully saturated rings. The maximum atomic E-state index is 14.2. The number of non-ortho nitro benzene ring substituents is 1. The molecule has 1 aliphatic heterocycles. The Kier molecular flexibility index (Phi) is 3.68. The first-order valence-electron chi connectivity index (χ1n) is 7.94. The summed E-state index contributed by atoms with van der Waals surface area (Å²) in [6.45, 7) is 1.20. The molecule has 0 saturated heterocycles. The van der Waals surface area contributed by atoms with E-state index in [4.69, 9.17) is 0 Å². The van der Waals surface area contributed by atoms with E-state index in [1.165, 1.54) is 17.7 Å². The minimum Gasteiger partial charge on any atom is -0.365 e. The molecule has 3 aromatic rings. The number of nitro benzene ring substituents is 1. The fourth-order valence-electron chi connectivity index (χ4n) is 3.22. The van der Waals surface area contributed by atoms with Gasteiger partial charge in [0, 0.05) is 42.5 Å². The maximum absolute atomic E-state index is 14.2. The quantitative estimate of drug-likeness (QED) is 0.580. The van der Waals surface area contributed by atoms with Crippen molar-refractivity contribution in [2.24, 2.45) is 0 Å². The summed E-state index contributed by atoms with van der Waals surface area (Å²) in [4.78, 5) is 19.5. The van der Waals surface area contributed by atoms with E-state index >= 15 is 0 Å². The van der Waals surface area contributed by atoms with Crippen molar-refractivity contribution in [1.82, 2.24) is 9.97 Å². The van der Waals surface area contributed by atoms with Gasteiger partial charge in [0.05, 0.1) is 16.7 Å². The number of benzene rings is 1. The number of rotatable bonds is 3. The van der Waals surface area contributed by atoms with Crippen LogP contribution in [0, 0.1) is 15.9 Å². The van der Waals surface area contributed by atoms with Crippen molar-refractivity contribution in [3.05, 3.63) is 70.3 Å². The highest BCUT2D eigenvalue weighted by atomic mass is 19.1. The van der Waals surface area contributed by atoms with Gasteiger partial charge in [-0.05, 0) is 30.2 Å². The topological polar surface area (TPSA) is 75.1 Å². The molecule has 0 aliphatic carbocycles. The number of aromatic amines is 1. The molecule has 0 saturated carbocycles. The van der Waals surface area contributed by atoms with Gasteiger partial charge in [-0.25, -0.2) is 9.37 Å². The van der Waals surface area contributed by atoms with Crippen molar-refractivity contribution < 1.29 is 9.31 Å². The summed E-state index contributed by atoms with van der Waals surface area (Å²) in [5.74, 6) is -0.567. The number of fused-ring (bicyclic) bond motifs is 1. The Morgan fingerprint density at radius 3 is 2.92 bits per heavy atom. The number of anilines is 1. The van der Waals surface area contributed by atoms with Gasteiger partial charge in [-0.3, -0.25) is 10.1 Å². The zero-order valence-electron chi connectivity index (χ0n) is 13.3. The minimum absolute atomic E-state index is 0.235. The summed E-state index contributed by atoms with van der Waals surface area (Å²) in [5.41, 5.74) is 3.31. The van der Waals surface area contributed by atoms with Crippen LogP contribution in [0.5, 0.6) is 0 Å². The van der Waals surface area contributed by atoms with Gasteiger partial charge in [0.25, 0.3) is 5.69 Å². The Morgan fingerprint density at radius 2 is 2.20 bits per heavy atom. The molecule has 0 radical (unpaired) electrons. The maximum Gasteiger partial charge on any atom is 0.272 e. The molecule has 2 aromatic heterocycles. The molecular weight excluding hydrogens is 323 g/mol. The lowest BCUT2D eigenvalue weighted by atomic mass is 9.99. The number of H-pyrrole nitrogens is 1. The van der Waals surface area contributed by atoms with Crippen LogP contribution in [0.25, 0.3) is 16.6 Å². The van der Waals surface area contributed by atoms with Crippen LogP contribution >= 0.6 is 0 Å². The first-order chi connectivity index (χ1) is 12.1. The number of nitro groups is 1.